The fraction of sp³-hybridized carbons (Fsp3) is 0.600. The topological polar surface area (TPSA) is 75.9 Å². The second-order valence-electron chi connectivity index (χ2n) is 7.23. The molecule has 1 aliphatic carbocycles. The van der Waals surface area contributed by atoms with Crippen molar-refractivity contribution in [1.82, 2.24) is 9.80 Å². The number of nitrogens with zero attached hydrogens (tertiary/aromatic N) is 2. The van der Waals surface area contributed by atoms with E-state index in [1.807, 2.05) is 4.90 Å². The molecule has 6 nitrogen and oxygen atoms in total. The number of rotatable bonds is 6. The van der Waals surface area contributed by atoms with Crippen LogP contribution < -0.4 is 10.5 Å². The second-order valence-corrected chi connectivity index (χ2v) is 7.23. The number of hydrogen-bond donors (Lipinski definition) is 1. The van der Waals surface area contributed by atoms with Gasteiger partial charge in [0.15, 0.2) is 0 Å². The lowest BCUT2D eigenvalue weighted by Gasteiger charge is -2.31. The highest BCUT2D eigenvalue weighted by atomic mass is 19.1. The van der Waals surface area contributed by atoms with E-state index in [1.165, 1.54) is 18.2 Å². The van der Waals surface area contributed by atoms with Gasteiger partial charge in [0.1, 0.15) is 11.6 Å². The van der Waals surface area contributed by atoms with Crippen molar-refractivity contribution in [3.63, 3.8) is 0 Å². The minimum Gasteiger partial charge on any atom is -0.493 e. The molecule has 2 N–H and O–H groups in total. The van der Waals surface area contributed by atoms with Crippen LogP contribution in [0, 0.1) is 11.7 Å². The first-order valence-electron chi connectivity index (χ1n) is 9.80. The molecule has 2 aliphatic rings. The van der Waals surface area contributed by atoms with Crippen LogP contribution in [-0.2, 0) is 4.79 Å². The van der Waals surface area contributed by atoms with E-state index < -0.39 is 5.82 Å². The Morgan fingerprint density at radius 1 is 1.11 bits per heavy atom. The predicted octanol–water partition coefficient (Wildman–Crippen LogP) is 2.03. The molecule has 7 heteroatoms. The monoisotopic (exact) mass is 377 g/mol. The molecular formula is C20H28FN3O3. The smallest absolute Gasteiger partial charge is 0.257 e. The molecule has 27 heavy (non-hydrogen) atoms. The maximum atomic E-state index is 13.7. The lowest BCUT2D eigenvalue weighted by atomic mass is 9.84. The van der Waals surface area contributed by atoms with Crippen molar-refractivity contribution < 1.29 is 18.7 Å². The Morgan fingerprint density at radius 3 is 2.56 bits per heavy atom. The predicted molar refractivity (Wildman–Crippen MR) is 100 cm³/mol. The summed E-state index contributed by atoms with van der Waals surface area (Å²) in [5, 5.41) is 0. The largest absolute Gasteiger partial charge is 0.493 e. The van der Waals surface area contributed by atoms with Crippen molar-refractivity contribution in [2.75, 3.05) is 39.3 Å². The van der Waals surface area contributed by atoms with Crippen molar-refractivity contribution in [1.29, 1.82) is 0 Å². The van der Waals surface area contributed by atoms with Crippen LogP contribution in [0.15, 0.2) is 18.2 Å². The Bertz CT molecular complexity index is 678. The van der Waals surface area contributed by atoms with Gasteiger partial charge in [0, 0.05) is 32.1 Å². The zero-order chi connectivity index (χ0) is 19.2. The molecule has 1 saturated heterocycles. The van der Waals surface area contributed by atoms with Gasteiger partial charge in [-0.2, -0.15) is 0 Å². The molecule has 1 aliphatic heterocycles. The molecule has 0 unspecified atom stereocenters. The highest BCUT2D eigenvalue weighted by Gasteiger charge is 2.31. The number of hydrogen-bond acceptors (Lipinski definition) is 4. The van der Waals surface area contributed by atoms with Gasteiger partial charge < -0.3 is 20.3 Å². The summed E-state index contributed by atoms with van der Waals surface area (Å²) in [4.78, 5) is 29.0. The zero-order valence-corrected chi connectivity index (χ0v) is 15.7. The lowest BCUT2D eigenvalue weighted by molar-refractivity contribution is -0.138. The number of nitrogens with two attached hydrogens (primary N) is 1. The van der Waals surface area contributed by atoms with Gasteiger partial charge in [0.2, 0.25) is 5.91 Å². The summed E-state index contributed by atoms with van der Waals surface area (Å²) >= 11 is 0. The van der Waals surface area contributed by atoms with Crippen molar-refractivity contribution in [2.24, 2.45) is 11.7 Å². The summed E-state index contributed by atoms with van der Waals surface area (Å²) in [7, 11) is 0. The fourth-order valence-electron chi connectivity index (χ4n) is 3.49. The van der Waals surface area contributed by atoms with E-state index in [0.29, 0.717) is 51.5 Å². The van der Waals surface area contributed by atoms with Crippen LogP contribution in [0.25, 0.3) is 0 Å². The van der Waals surface area contributed by atoms with Crippen LogP contribution in [0.1, 0.15) is 42.5 Å². The SMILES string of the molecule is NCCCOc1ccc(F)cc1C(=O)N1CCCN(C(=O)C2CCC2)CC1. The van der Waals surface area contributed by atoms with Crippen LogP contribution in [0.2, 0.25) is 0 Å². The van der Waals surface area contributed by atoms with Crippen LogP contribution in [-0.4, -0.2) is 60.9 Å². The van der Waals surface area contributed by atoms with E-state index in [0.717, 1.165) is 25.7 Å². The molecule has 2 fully saturated rings. The fourth-order valence-corrected chi connectivity index (χ4v) is 3.49. The Balaban J connectivity index is 1.66. The van der Waals surface area contributed by atoms with Crippen molar-refractivity contribution in [3.8, 4) is 5.75 Å². The highest BCUT2D eigenvalue weighted by Crippen LogP contribution is 2.29. The third-order valence-electron chi connectivity index (χ3n) is 5.33. The van der Waals surface area contributed by atoms with E-state index in [1.54, 1.807) is 4.90 Å². The first-order chi connectivity index (χ1) is 13.1. The van der Waals surface area contributed by atoms with Crippen molar-refractivity contribution in [2.45, 2.75) is 32.1 Å². The second kappa shape index (κ2) is 9.17. The highest BCUT2D eigenvalue weighted by molar-refractivity contribution is 5.97. The molecule has 0 radical (unpaired) electrons. The molecule has 1 aromatic rings. The zero-order valence-electron chi connectivity index (χ0n) is 15.7. The molecule has 3 rings (SSSR count). The third-order valence-corrected chi connectivity index (χ3v) is 5.33. The first kappa shape index (κ1) is 19.6. The lowest BCUT2D eigenvalue weighted by Crippen LogP contribution is -2.41. The standard InChI is InChI=1S/C20H28FN3O3/c21-16-6-7-18(27-13-2-8-22)17(14-16)20(26)24-10-3-9-23(11-12-24)19(25)15-4-1-5-15/h6-7,14-15H,1-5,8-13,22H2. The molecule has 148 valence electrons. The average Bonchev–Trinajstić information content (AvgIpc) is 2.87. The normalized spacial score (nSPS) is 18.0. The van der Waals surface area contributed by atoms with Gasteiger partial charge in [-0.3, -0.25) is 9.59 Å². The van der Waals surface area contributed by atoms with Gasteiger partial charge in [0.05, 0.1) is 12.2 Å². The molecule has 1 aromatic carbocycles. The van der Waals surface area contributed by atoms with Crippen LogP contribution in [0.3, 0.4) is 0 Å². The van der Waals surface area contributed by atoms with Crippen molar-refractivity contribution >= 4 is 11.8 Å². The van der Waals surface area contributed by atoms with E-state index in [2.05, 4.69) is 0 Å². The van der Waals surface area contributed by atoms with Gasteiger partial charge in [-0.05, 0) is 50.4 Å². The number of ether oxygens (including phenoxy) is 1. The molecule has 1 saturated carbocycles. The number of amides is 2. The van der Waals surface area contributed by atoms with Crippen molar-refractivity contribution in [3.05, 3.63) is 29.6 Å². The summed E-state index contributed by atoms with van der Waals surface area (Å²) in [5.74, 6) is 0.0305. The van der Waals surface area contributed by atoms with E-state index in [9.17, 15) is 14.0 Å². The summed E-state index contributed by atoms with van der Waals surface area (Å²) in [6.07, 6.45) is 4.47. The molecule has 1 heterocycles. The van der Waals surface area contributed by atoms with Gasteiger partial charge in [-0.1, -0.05) is 6.42 Å². The van der Waals surface area contributed by atoms with Crippen LogP contribution >= 0.6 is 0 Å². The summed E-state index contributed by atoms with van der Waals surface area (Å²) < 4.78 is 19.4. The minimum absolute atomic E-state index is 0.165. The Labute approximate surface area is 159 Å². The van der Waals surface area contributed by atoms with Crippen LogP contribution in [0.5, 0.6) is 5.75 Å². The van der Waals surface area contributed by atoms with E-state index in [4.69, 9.17) is 10.5 Å². The molecule has 0 bridgehead atoms. The quantitative estimate of drug-likeness (QED) is 0.770. The van der Waals surface area contributed by atoms with E-state index >= 15 is 0 Å². The van der Waals surface area contributed by atoms with Crippen LogP contribution in [0.4, 0.5) is 4.39 Å². The Hall–Kier alpha value is -2.15. The van der Waals surface area contributed by atoms with Gasteiger partial charge in [-0.15, -0.1) is 0 Å². The number of halogens is 1. The maximum absolute atomic E-state index is 13.7. The molecule has 2 amide bonds. The van der Waals surface area contributed by atoms with Gasteiger partial charge >= 0.3 is 0 Å². The van der Waals surface area contributed by atoms with Gasteiger partial charge in [0.25, 0.3) is 5.91 Å². The molecular weight excluding hydrogens is 349 g/mol. The number of benzene rings is 1. The third kappa shape index (κ3) is 4.77. The summed E-state index contributed by atoms with van der Waals surface area (Å²) in [6, 6.07) is 4.00. The number of carbonyl (C=O) groups excluding carboxylic acids is 2. The van der Waals surface area contributed by atoms with E-state index in [-0.39, 0.29) is 23.3 Å². The Kier molecular flexibility index (Phi) is 6.66. The number of carbonyl (C=O) groups is 2. The minimum atomic E-state index is -0.471. The average molecular weight is 377 g/mol. The maximum Gasteiger partial charge on any atom is 0.257 e. The summed E-state index contributed by atoms with van der Waals surface area (Å²) in [6.45, 7) is 3.07. The first-order valence-corrected chi connectivity index (χ1v) is 9.80. The Morgan fingerprint density at radius 2 is 1.85 bits per heavy atom. The molecule has 0 spiro atoms. The molecule has 0 atom stereocenters. The summed E-state index contributed by atoms with van der Waals surface area (Å²) in [5.41, 5.74) is 5.70. The molecule has 0 aromatic heterocycles. The van der Waals surface area contributed by atoms with Gasteiger partial charge in [-0.25, -0.2) is 4.39 Å².